The summed E-state index contributed by atoms with van der Waals surface area (Å²) in [5.41, 5.74) is 1.24. The maximum Gasteiger partial charge on any atom is 0.408 e. The highest BCUT2D eigenvalue weighted by Gasteiger charge is 2.28. The number of fused-ring (bicyclic) bond motifs is 4. The van der Waals surface area contributed by atoms with Crippen molar-refractivity contribution in [3.63, 3.8) is 0 Å². The van der Waals surface area contributed by atoms with Gasteiger partial charge in [-0.1, -0.05) is 18.2 Å². The Morgan fingerprint density at radius 3 is 2.50 bits per heavy atom. The van der Waals surface area contributed by atoms with Crippen molar-refractivity contribution < 1.29 is 28.2 Å². The number of nitrogens with one attached hydrogen (secondary N) is 2. The number of carbonyl (C=O) groups is 2. The minimum absolute atomic E-state index is 0.163. The van der Waals surface area contributed by atoms with E-state index in [-0.39, 0.29) is 12.2 Å². The quantitative estimate of drug-likeness (QED) is 0.121. The van der Waals surface area contributed by atoms with Crippen LogP contribution >= 0.6 is 0 Å². The lowest BCUT2D eigenvalue weighted by molar-refractivity contribution is -0.136. The van der Waals surface area contributed by atoms with E-state index in [1.807, 2.05) is 24.3 Å². The maximum absolute atomic E-state index is 13.5. The van der Waals surface area contributed by atoms with Crippen molar-refractivity contribution >= 4 is 44.7 Å². The average molecular weight is 543 g/mol. The maximum atomic E-state index is 13.5. The van der Waals surface area contributed by atoms with E-state index in [4.69, 9.17) is 18.6 Å². The number of ether oxygens (including phenoxy) is 3. The van der Waals surface area contributed by atoms with Crippen LogP contribution in [-0.2, 0) is 16.0 Å². The second-order valence-electron chi connectivity index (χ2n) is 10.5. The molecule has 2 N–H and O–H groups in total. The molecular weight excluding hydrogens is 512 g/mol. The van der Waals surface area contributed by atoms with E-state index in [2.05, 4.69) is 10.3 Å². The van der Waals surface area contributed by atoms with Gasteiger partial charge in [0.25, 0.3) is 0 Å². The second kappa shape index (κ2) is 10.4. The predicted octanol–water partition coefficient (Wildman–Crippen LogP) is 5.79. The number of H-pyrrole nitrogens is 1. The Morgan fingerprint density at radius 1 is 1.00 bits per heavy atom. The molecule has 3 aromatic carbocycles. The van der Waals surface area contributed by atoms with Gasteiger partial charge in [0.05, 0.1) is 12.5 Å². The lowest BCUT2D eigenvalue weighted by Gasteiger charge is -2.23. The summed E-state index contributed by atoms with van der Waals surface area (Å²) in [6.07, 6.45) is 1.23. The highest BCUT2D eigenvalue weighted by atomic mass is 16.6. The highest BCUT2D eigenvalue weighted by Crippen LogP contribution is 2.32. The number of hydrogen-bond acceptors (Lipinski definition) is 7. The van der Waals surface area contributed by atoms with E-state index in [1.165, 1.54) is 7.11 Å². The van der Waals surface area contributed by atoms with Gasteiger partial charge in [-0.25, -0.2) is 14.4 Å². The van der Waals surface area contributed by atoms with E-state index in [1.54, 1.807) is 64.2 Å². The Balaban J connectivity index is 1.48. The molecule has 0 saturated heterocycles. The number of esters is 1. The third-order valence-corrected chi connectivity index (χ3v) is 6.57. The molecule has 1 atom stereocenters. The van der Waals surface area contributed by atoms with Crippen LogP contribution < -0.4 is 20.4 Å². The molecular formula is C31H30N2O7. The van der Waals surface area contributed by atoms with Crippen molar-refractivity contribution in [1.29, 1.82) is 0 Å². The van der Waals surface area contributed by atoms with E-state index in [0.29, 0.717) is 33.1 Å². The Labute approximate surface area is 230 Å². The molecule has 1 amide bonds. The molecule has 0 aliphatic carbocycles. The standard InChI is InChI=1S/C31H30N2O7/c1-17-26(13-12-22-21-11-10-19(37-5)15-23(21)28(34)39-27(17)22)38-29(35)25(33-30(36)40-31(2,3)4)14-18-16-32-24-9-7-6-8-20(18)24/h6-13,15-16,25,32H,14H2,1-5H3,(H,33,36)/t25-/m1/s1. The number of para-hydroxylation sites is 1. The normalized spacial score (nSPS) is 12.4. The van der Waals surface area contributed by atoms with Crippen molar-refractivity contribution in [3.8, 4) is 11.5 Å². The molecule has 9 heteroatoms. The summed E-state index contributed by atoms with van der Waals surface area (Å²) in [6, 6.07) is 15.2. The van der Waals surface area contributed by atoms with Crippen LogP contribution in [0, 0.1) is 6.92 Å². The zero-order valence-electron chi connectivity index (χ0n) is 22.9. The topological polar surface area (TPSA) is 120 Å². The second-order valence-corrected chi connectivity index (χ2v) is 10.5. The van der Waals surface area contributed by atoms with Gasteiger partial charge >= 0.3 is 17.7 Å². The largest absolute Gasteiger partial charge is 0.497 e. The first-order valence-electron chi connectivity index (χ1n) is 12.8. The number of rotatable bonds is 6. The summed E-state index contributed by atoms with van der Waals surface area (Å²) in [6.45, 7) is 6.93. The van der Waals surface area contributed by atoms with E-state index < -0.39 is 29.3 Å². The summed E-state index contributed by atoms with van der Waals surface area (Å²) >= 11 is 0. The van der Waals surface area contributed by atoms with Gasteiger partial charge in [-0.3, -0.25) is 0 Å². The number of benzene rings is 3. The van der Waals surface area contributed by atoms with Gasteiger partial charge in [-0.2, -0.15) is 0 Å². The van der Waals surface area contributed by atoms with Gasteiger partial charge in [0.15, 0.2) is 0 Å². The fourth-order valence-corrected chi connectivity index (χ4v) is 4.67. The Hall–Kier alpha value is -4.79. The van der Waals surface area contributed by atoms with Crippen LogP contribution in [0.2, 0.25) is 0 Å². The molecule has 206 valence electrons. The lowest BCUT2D eigenvalue weighted by atomic mass is 10.0. The number of alkyl carbamates (subject to hydrolysis) is 1. The molecule has 2 heterocycles. The molecule has 0 saturated carbocycles. The molecule has 2 aromatic heterocycles. The summed E-state index contributed by atoms with van der Waals surface area (Å²) in [5, 5.41) is 5.36. The molecule has 0 fully saturated rings. The summed E-state index contributed by atoms with van der Waals surface area (Å²) in [5.74, 6) is 0.0649. The summed E-state index contributed by atoms with van der Waals surface area (Å²) in [7, 11) is 1.53. The van der Waals surface area contributed by atoms with Crippen LogP contribution in [0.4, 0.5) is 4.79 Å². The number of aryl methyl sites for hydroxylation is 1. The van der Waals surface area contributed by atoms with Gasteiger partial charge < -0.3 is 28.9 Å². The average Bonchev–Trinajstić information content (AvgIpc) is 3.32. The molecule has 0 unspecified atom stereocenters. The van der Waals surface area contributed by atoms with Crippen molar-refractivity contribution in [2.75, 3.05) is 7.11 Å². The monoisotopic (exact) mass is 542 g/mol. The van der Waals surface area contributed by atoms with E-state index in [9.17, 15) is 14.4 Å². The van der Waals surface area contributed by atoms with E-state index >= 15 is 0 Å². The van der Waals surface area contributed by atoms with Crippen LogP contribution in [-0.4, -0.2) is 35.8 Å². The van der Waals surface area contributed by atoms with Crippen molar-refractivity contribution in [1.82, 2.24) is 10.3 Å². The molecule has 5 rings (SSSR count). The summed E-state index contributed by atoms with van der Waals surface area (Å²) in [4.78, 5) is 42.1. The number of aromatic nitrogens is 1. The van der Waals surface area contributed by atoms with Gasteiger partial charge in [0.2, 0.25) is 0 Å². The number of hydrogen-bond donors (Lipinski definition) is 2. The van der Waals surface area contributed by atoms with Crippen LogP contribution in [0.5, 0.6) is 11.5 Å². The molecule has 0 spiro atoms. The minimum atomic E-state index is -1.06. The smallest absolute Gasteiger partial charge is 0.408 e. The van der Waals surface area contributed by atoms with Gasteiger partial charge in [-0.15, -0.1) is 0 Å². The first-order chi connectivity index (χ1) is 19.0. The van der Waals surface area contributed by atoms with Gasteiger partial charge in [-0.05, 0) is 69.7 Å². The highest BCUT2D eigenvalue weighted by molar-refractivity contribution is 6.06. The third kappa shape index (κ3) is 5.36. The molecule has 40 heavy (non-hydrogen) atoms. The molecule has 0 aliphatic rings. The third-order valence-electron chi connectivity index (χ3n) is 6.57. The molecule has 9 nitrogen and oxygen atoms in total. The van der Waals surface area contributed by atoms with Crippen LogP contribution in [0.3, 0.4) is 0 Å². The number of amides is 1. The van der Waals surface area contributed by atoms with Crippen LogP contribution in [0.1, 0.15) is 31.9 Å². The number of methoxy groups -OCH3 is 1. The number of carbonyl (C=O) groups excluding carboxylic acids is 2. The zero-order chi connectivity index (χ0) is 28.6. The first kappa shape index (κ1) is 26.8. The van der Waals surface area contributed by atoms with E-state index in [0.717, 1.165) is 16.5 Å². The fraction of sp³-hybridized carbons (Fsp3) is 0.258. The van der Waals surface area contributed by atoms with Gasteiger partial charge in [0, 0.05) is 39.9 Å². The number of aromatic amines is 1. The van der Waals surface area contributed by atoms with Crippen LogP contribution in [0.25, 0.3) is 32.6 Å². The predicted molar refractivity (Wildman–Crippen MR) is 152 cm³/mol. The van der Waals surface area contributed by atoms with Crippen molar-refractivity contribution in [2.24, 2.45) is 0 Å². The Morgan fingerprint density at radius 2 is 1.75 bits per heavy atom. The summed E-state index contributed by atoms with van der Waals surface area (Å²) < 4.78 is 22.1. The Bertz CT molecular complexity index is 1810. The zero-order valence-corrected chi connectivity index (χ0v) is 22.9. The molecule has 0 radical (unpaired) electrons. The first-order valence-corrected chi connectivity index (χ1v) is 12.8. The van der Waals surface area contributed by atoms with Crippen molar-refractivity contribution in [3.05, 3.63) is 82.3 Å². The van der Waals surface area contributed by atoms with Gasteiger partial charge in [0.1, 0.15) is 28.7 Å². The lowest BCUT2D eigenvalue weighted by Crippen LogP contribution is -2.46. The minimum Gasteiger partial charge on any atom is -0.497 e. The molecule has 5 aromatic rings. The molecule has 0 aliphatic heterocycles. The SMILES string of the molecule is COc1ccc2c(c1)c(=O)oc1c(C)c(OC(=O)[C@@H](Cc3c[nH]c4ccccc34)NC(=O)OC(C)(C)C)ccc12. The van der Waals surface area contributed by atoms with Crippen molar-refractivity contribution in [2.45, 2.75) is 45.8 Å². The molecule has 0 bridgehead atoms. The fourth-order valence-electron chi connectivity index (χ4n) is 4.67. The Kier molecular flexibility index (Phi) is 6.97. The van der Waals surface area contributed by atoms with Crippen LogP contribution in [0.15, 0.2) is 70.0 Å².